The van der Waals surface area contributed by atoms with E-state index in [9.17, 15) is 29.1 Å². The number of aromatic nitrogens is 3. The second kappa shape index (κ2) is 29.9. The van der Waals surface area contributed by atoms with E-state index in [-0.39, 0.29) is 106 Å². The average Bonchev–Trinajstić information content (AvgIpc) is 4.13. The van der Waals surface area contributed by atoms with Crippen molar-refractivity contribution in [2.75, 3.05) is 95.9 Å². The minimum Gasteiger partial charge on any atom is -0.397 e. The molecule has 4 heterocycles. The van der Waals surface area contributed by atoms with Gasteiger partial charge in [-0.25, -0.2) is 14.4 Å². The van der Waals surface area contributed by atoms with Crippen LogP contribution in [-0.4, -0.2) is 152 Å². The highest BCUT2D eigenvalue weighted by Gasteiger charge is 2.44. The van der Waals surface area contributed by atoms with Crippen LogP contribution in [0.15, 0.2) is 60.5 Å². The molecular weight excluding hydrogens is 1030 g/mol. The first kappa shape index (κ1) is 60.5. The maximum absolute atomic E-state index is 15.3. The number of aliphatic hydroxyl groups is 1. The number of thiazole rings is 1. The fraction of sp³-hybridized carbons (Fsp3) is 0.491. The van der Waals surface area contributed by atoms with Gasteiger partial charge in [-0.05, 0) is 59.9 Å². The van der Waals surface area contributed by atoms with Crippen LogP contribution in [0.4, 0.5) is 21.6 Å². The number of aliphatic hydroxyl groups excluding tert-OH is 1. The van der Waals surface area contributed by atoms with Crippen molar-refractivity contribution in [2.45, 2.75) is 91.5 Å². The van der Waals surface area contributed by atoms with Crippen molar-refractivity contribution >= 4 is 68.8 Å². The number of carbonyl (C=O) groups excluding carboxylic acids is 5. The van der Waals surface area contributed by atoms with Crippen LogP contribution in [0, 0.1) is 25.1 Å². The van der Waals surface area contributed by atoms with E-state index in [0.717, 1.165) is 21.7 Å². The topological polar surface area (TPSA) is 294 Å². The van der Waals surface area contributed by atoms with Crippen LogP contribution in [0.25, 0.3) is 32.3 Å². The zero-order valence-corrected chi connectivity index (χ0v) is 45.8. The normalized spacial score (nSPS) is 14.8. The maximum Gasteiger partial charge on any atom is 0.246 e. The van der Waals surface area contributed by atoms with Gasteiger partial charge in [0.2, 0.25) is 29.5 Å². The molecule has 2 aromatic carbocycles. The zero-order valence-electron chi connectivity index (χ0n) is 45.0. The highest BCUT2D eigenvalue weighted by atomic mass is 32.1. The third-order valence-corrected chi connectivity index (χ3v) is 13.8. The zero-order chi connectivity index (χ0) is 56.2. The summed E-state index contributed by atoms with van der Waals surface area (Å²) in [6.07, 6.45) is 4.18. The number of benzene rings is 2. The van der Waals surface area contributed by atoms with Crippen molar-refractivity contribution in [2.24, 2.45) is 5.41 Å². The molecule has 0 saturated carbocycles. The molecular formula is C55H73FN10O11S. The lowest BCUT2D eigenvalue weighted by molar-refractivity contribution is -0.144. The van der Waals surface area contributed by atoms with E-state index in [2.05, 4.69) is 36.2 Å². The molecule has 1 saturated heterocycles. The van der Waals surface area contributed by atoms with Crippen molar-refractivity contribution in [1.29, 1.82) is 0 Å². The van der Waals surface area contributed by atoms with Crippen LogP contribution in [0.2, 0.25) is 0 Å². The summed E-state index contributed by atoms with van der Waals surface area (Å²) in [7, 11) is 0. The first-order valence-electron chi connectivity index (χ1n) is 26.0. The summed E-state index contributed by atoms with van der Waals surface area (Å²) in [4.78, 5) is 80.4. The van der Waals surface area contributed by atoms with E-state index in [1.54, 1.807) is 35.9 Å². The second-order valence-corrected chi connectivity index (χ2v) is 20.7. The molecule has 5 amide bonds. The molecule has 422 valence electrons. The number of rotatable bonds is 30. The van der Waals surface area contributed by atoms with Gasteiger partial charge < -0.3 is 66.4 Å². The fourth-order valence-corrected chi connectivity index (χ4v) is 9.31. The number of amides is 5. The Balaban J connectivity index is 0.736. The number of fused-ring (bicyclic) bond motifs is 1. The Labute approximate surface area is 457 Å². The van der Waals surface area contributed by atoms with Crippen LogP contribution in [-0.2, 0) is 54.2 Å². The van der Waals surface area contributed by atoms with E-state index in [1.165, 1.54) is 23.5 Å². The van der Waals surface area contributed by atoms with Crippen LogP contribution < -0.4 is 32.7 Å². The van der Waals surface area contributed by atoms with Gasteiger partial charge in [-0.1, -0.05) is 45.0 Å². The maximum atomic E-state index is 15.3. The number of anilines is 3. The molecule has 0 unspecified atom stereocenters. The van der Waals surface area contributed by atoms with Crippen molar-refractivity contribution < 1.29 is 57.2 Å². The highest BCUT2D eigenvalue weighted by molar-refractivity contribution is 7.13. The molecule has 3 atom stereocenters. The summed E-state index contributed by atoms with van der Waals surface area (Å²) in [5.74, 6) is -2.09. The third kappa shape index (κ3) is 17.9. The quantitative estimate of drug-likeness (QED) is 0.0239. The van der Waals surface area contributed by atoms with Gasteiger partial charge >= 0.3 is 0 Å². The molecule has 1 fully saturated rings. The number of nitrogens with one attached hydrogen (secondary N) is 4. The Bertz CT molecular complexity index is 2810. The van der Waals surface area contributed by atoms with Crippen molar-refractivity contribution in [3.8, 4) is 21.6 Å². The number of pyridine rings is 2. The molecule has 78 heavy (non-hydrogen) atoms. The van der Waals surface area contributed by atoms with Gasteiger partial charge in [0.15, 0.2) is 5.82 Å². The number of carbonyl (C=O) groups is 5. The Hall–Kier alpha value is -6.73. The molecule has 3 aromatic heterocycles. The van der Waals surface area contributed by atoms with Crippen molar-refractivity contribution in [1.82, 2.24) is 35.8 Å². The molecule has 1 aliphatic rings. The van der Waals surface area contributed by atoms with E-state index in [1.807, 2.05) is 52.0 Å². The summed E-state index contributed by atoms with van der Waals surface area (Å²) < 4.78 is 43.0. The van der Waals surface area contributed by atoms with Crippen LogP contribution >= 0.6 is 11.3 Å². The fourth-order valence-electron chi connectivity index (χ4n) is 8.50. The van der Waals surface area contributed by atoms with E-state index < -0.39 is 35.3 Å². The standard InChI is InChI=1S/C55H73FN10O11S/c1-34-41(29-59-31-43(34)57)40-25-38-26-45(61-30-42(38)50(58)49(40)56)64-47(69)8-6-7-46(68)60-14-16-74-18-20-76-22-24-77-23-21-75-19-17-73-15-13-48(70)65-52(55(3,4)5)54(72)66-32-39(67)27-44(66)53(71)62-28-36-9-11-37(12-10-36)51-35(2)63-33-78-51/h9-12,25-26,29-31,33,39,44,52,67H,6-8,13-24,27-28,32,57-58H2,1-5H3,(H,60,68)(H,62,71)(H,65,70)(H,61,64,69)/t39-,44+,52-/m1/s1. The first-order valence-corrected chi connectivity index (χ1v) is 26.9. The van der Waals surface area contributed by atoms with Crippen LogP contribution in [0.3, 0.4) is 0 Å². The number of halogens is 1. The second-order valence-electron chi connectivity index (χ2n) is 19.9. The molecule has 9 N–H and O–H groups in total. The van der Waals surface area contributed by atoms with Gasteiger partial charge in [0.1, 0.15) is 17.9 Å². The molecule has 5 aromatic rings. The number of aryl methyl sites for hydroxylation is 1. The van der Waals surface area contributed by atoms with Gasteiger partial charge in [0, 0.05) is 74.2 Å². The molecule has 21 nitrogen and oxygen atoms in total. The average molecular weight is 1100 g/mol. The number of β-amino-alcohol motifs (C(OH)–C–C–N with tert-alkyl or cyclic N) is 1. The van der Waals surface area contributed by atoms with Gasteiger partial charge in [0.25, 0.3) is 0 Å². The van der Waals surface area contributed by atoms with E-state index in [0.29, 0.717) is 80.2 Å². The summed E-state index contributed by atoms with van der Waals surface area (Å²) in [5, 5.41) is 22.8. The highest BCUT2D eigenvalue weighted by Crippen LogP contribution is 2.36. The third-order valence-electron chi connectivity index (χ3n) is 12.9. The van der Waals surface area contributed by atoms with Gasteiger partial charge in [-0.15, -0.1) is 11.3 Å². The number of ether oxygens (including phenoxy) is 5. The van der Waals surface area contributed by atoms with Crippen LogP contribution in [0.1, 0.15) is 69.7 Å². The molecule has 23 heteroatoms. The minimum atomic E-state index is -0.945. The first-order chi connectivity index (χ1) is 37.4. The number of hydrogen-bond donors (Lipinski definition) is 7. The molecule has 0 spiro atoms. The lowest BCUT2D eigenvalue weighted by Gasteiger charge is -2.35. The Kier molecular flexibility index (Phi) is 23.2. The summed E-state index contributed by atoms with van der Waals surface area (Å²) in [6.45, 7) is 12.8. The molecule has 6 rings (SSSR count). The number of nitrogen functional groups attached to an aromatic ring is 2. The van der Waals surface area contributed by atoms with E-state index >= 15 is 4.39 Å². The monoisotopic (exact) mass is 1100 g/mol. The van der Waals surface area contributed by atoms with Gasteiger partial charge in [-0.3, -0.25) is 29.0 Å². The summed E-state index contributed by atoms with van der Waals surface area (Å²) >= 11 is 1.57. The number of hydrogen-bond acceptors (Lipinski definition) is 17. The number of nitrogens with two attached hydrogens (primary N) is 2. The lowest BCUT2D eigenvalue weighted by atomic mass is 9.85. The number of nitrogens with zero attached hydrogens (tertiary/aromatic N) is 4. The Morgan fingerprint density at radius 2 is 1.44 bits per heavy atom. The predicted molar refractivity (Wildman–Crippen MR) is 294 cm³/mol. The lowest BCUT2D eigenvalue weighted by Crippen LogP contribution is -2.57. The van der Waals surface area contributed by atoms with Crippen molar-refractivity contribution in [3.05, 3.63) is 83.1 Å². The van der Waals surface area contributed by atoms with E-state index in [4.69, 9.17) is 35.2 Å². The molecule has 0 radical (unpaired) electrons. The van der Waals surface area contributed by atoms with Gasteiger partial charge in [0.05, 0.1) is 106 Å². The molecule has 0 aliphatic carbocycles. The largest absolute Gasteiger partial charge is 0.397 e. The van der Waals surface area contributed by atoms with Gasteiger partial charge in [-0.2, -0.15) is 0 Å². The summed E-state index contributed by atoms with van der Waals surface area (Å²) in [5.41, 5.74) is 17.8. The predicted octanol–water partition coefficient (Wildman–Crippen LogP) is 4.85. The number of likely N-dealkylation sites (tertiary alicyclic amines) is 1. The Morgan fingerprint density at radius 1 is 0.795 bits per heavy atom. The smallest absolute Gasteiger partial charge is 0.246 e. The molecule has 0 bridgehead atoms. The molecule has 1 aliphatic heterocycles. The SMILES string of the molecule is Cc1ncsc1-c1ccc(CNC(=O)[C@@H]2C[C@@H](O)CN2C(=O)[C@@H](NC(=O)CCOCCOCCOCCOCCOCCNC(=O)CCCC(=O)Nc2cc3cc(-c4cncc(N)c4C)c(F)c(N)c3cn2)C(C)(C)C)cc1. The van der Waals surface area contributed by atoms with Crippen molar-refractivity contribution in [3.63, 3.8) is 0 Å². The Morgan fingerprint density at radius 3 is 2.08 bits per heavy atom. The van der Waals surface area contributed by atoms with Crippen LogP contribution in [0.5, 0.6) is 0 Å². The summed E-state index contributed by atoms with van der Waals surface area (Å²) in [6, 6.07) is 9.23. The minimum absolute atomic E-state index is 0.00769.